The van der Waals surface area contributed by atoms with Gasteiger partial charge in [-0.3, -0.25) is 9.59 Å². The highest BCUT2D eigenvalue weighted by molar-refractivity contribution is 6.09. The second kappa shape index (κ2) is 6.58. The lowest BCUT2D eigenvalue weighted by atomic mass is 9.81. The molecule has 2 aliphatic rings. The van der Waals surface area contributed by atoms with E-state index in [1.54, 1.807) is 11.0 Å². The van der Waals surface area contributed by atoms with Crippen LogP contribution in [0.5, 0.6) is 0 Å². The molecule has 2 amide bonds. The molecule has 1 fully saturated rings. The van der Waals surface area contributed by atoms with Crippen molar-refractivity contribution in [2.75, 3.05) is 18.0 Å². The lowest BCUT2D eigenvalue weighted by Gasteiger charge is -2.24. The monoisotopic (exact) mass is 387 g/mol. The first-order chi connectivity index (χ1) is 14.1. The number of hydrogen-bond acceptors (Lipinski definition) is 4. The first-order valence-electron chi connectivity index (χ1n) is 9.75. The summed E-state index contributed by atoms with van der Waals surface area (Å²) in [4.78, 5) is 30.0. The second-order valence-corrected chi connectivity index (χ2v) is 7.83. The minimum absolute atomic E-state index is 0.0622. The van der Waals surface area contributed by atoms with Gasteiger partial charge in [0.15, 0.2) is 0 Å². The fourth-order valence-electron chi connectivity index (χ4n) is 4.49. The van der Waals surface area contributed by atoms with E-state index in [0.29, 0.717) is 26.1 Å². The SMILES string of the molecule is Cc1ccc(CN2C(=O)C3(CCN(C(=O)c4ccno4)C3)c3ccccc32)cc1. The summed E-state index contributed by atoms with van der Waals surface area (Å²) < 4.78 is 5.03. The van der Waals surface area contributed by atoms with Crippen molar-refractivity contribution in [2.24, 2.45) is 0 Å². The van der Waals surface area contributed by atoms with Gasteiger partial charge >= 0.3 is 0 Å². The quantitative estimate of drug-likeness (QED) is 0.692. The number of hydrogen-bond donors (Lipinski definition) is 0. The van der Waals surface area contributed by atoms with Crippen LogP contribution in [0.2, 0.25) is 0 Å². The van der Waals surface area contributed by atoms with Crippen LogP contribution in [0, 0.1) is 6.92 Å². The van der Waals surface area contributed by atoms with Gasteiger partial charge in [-0.25, -0.2) is 0 Å². The Hall–Kier alpha value is -3.41. The average molecular weight is 387 g/mol. The summed E-state index contributed by atoms with van der Waals surface area (Å²) >= 11 is 0. The zero-order valence-electron chi connectivity index (χ0n) is 16.2. The van der Waals surface area contributed by atoms with E-state index >= 15 is 0 Å². The summed E-state index contributed by atoms with van der Waals surface area (Å²) in [7, 11) is 0. The van der Waals surface area contributed by atoms with E-state index in [-0.39, 0.29) is 17.6 Å². The molecule has 0 bridgehead atoms. The summed E-state index contributed by atoms with van der Waals surface area (Å²) in [5.74, 6) is 0.0473. The van der Waals surface area contributed by atoms with E-state index in [1.165, 1.54) is 11.8 Å². The van der Waals surface area contributed by atoms with Gasteiger partial charge in [0, 0.05) is 24.8 Å². The Kier molecular flexibility index (Phi) is 4.01. The fraction of sp³-hybridized carbons (Fsp3) is 0.261. The molecule has 29 heavy (non-hydrogen) atoms. The molecular formula is C23H21N3O3. The summed E-state index contributed by atoms with van der Waals surface area (Å²) in [6, 6.07) is 17.7. The molecule has 0 N–H and O–H groups in total. The van der Waals surface area contributed by atoms with E-state index in [4.69, 9.17) is 4.52 Å². The van der Waals surface area contributed by atoms with Gasteiger partial charge in [-0.15, -0.1) is 0 Å². The molecule has 5 rings (SSSR count). The number of anilines is 1. The number of para-hydroxylation sites is 1. The number of likely N-dealkylation sites (tertiary alicyclic amines) is 1. The van der Waals surface area contributed by atoms with Crippen molar-refractivity contribution < 1.29 is 14.1 Å². The summed E-state index contributed by atoms with van der Waals surface area (Å²) in [5.41, 5.74) is 3.52. The maximum atomic E-state index is 13.7. The second-order valence-electron chi connectivity index (χ2n) is 7.83. The minimum atomic E-state index is -0.697. The van der Waals surface area contributed by atoms with Crippen molar-refractivity contribution in [3.63, 3.8) is 0 Å². The van der Waals surface area contributed by atoms with Crippen LogP contribution in [0.15, 0.2) is 65.3 Å². The Balaban J connectivity index is 1.47. The van der Waals surface area contributed by atoms with E-state index in [2.05, 4.69) is 29.4 Å². The first-order valence-corrected chi connectivity index (χ1v) is 9.75. The molecule has 3 heterocycles. The number of benzene rings is 2. The molecule has 2 aromatic carbocycles. The third kappa shape index (κ3) is 2.75. The van der Waals surface area contributed by atoms with Crippen molar-refractivity contribution in [1.29, 1.82) is 0 Å². The topological polar surface area (TPSA) is 66.7 Å². The molecular weight excluding hydrogens is 366 g/mol. The molecule has 6 heteroatoms. The Bertz CT molecular complexity index is 1080. The van der Waals surface area contributed by atoms with E-state index in [9.17, 15) is 9.59 Å². The summed E-state index contributed by atoms with van der Waals surface area (Å²) in [6.07, 6.45) is 2.06. The molecule has 1 unspecified atom stereocenters. The number of aryl methyl sites for hydroxylation is 1. The van der Waals surface area contributed by atoms with E-state index in [0.717, 1.165) is 16.8 Å². The van der Waals surface area contributed by atoms with Crippen molar-refractivity contribution in [1.82, 2.24) is 10.1 Å². The van der Waals surface area contributed by atoms with Crippen LogP contribution in [-0.2, 0) is 16.8 Å². The molecule has 0 aliphatic carbocycles. The average Bonchev–Trinajstić information content (AvgIpc) is 3.47. The largest absolute Gasteiger partial charge is 0.351 e. The molecule has 2 aliphatic heterocycles. The number of fused-ring (bicyclic) bond motifs is 2. The number of aromatic nitrogens is 1. The highest BCUT2D eigenvalue weighted by atomic mass is 16.5. The van der Waals surface area contributed by atoms with Crippen molar-refractivity contribution in [2.45, 2.75) is 25.3 Å². The molecule has 1 saturated heterocycles. The Morgan fingerprint density at radius 2 is 1.93 bits per heavy atom. The van der Waals surface area contributed by atoms with Crippen molar-refractivity contribution in [3.05, 3.63) is 83.2 Å². The summed E-state index contributed by atoms with van der Waals surface area (Å²) in [6.45, 7) is 3.44. The molecule has 146 valence electrons. The number of carbonyl (C=O) groups excluding carboxylic acids is 2. The van der Waals surface area contributed by atoms with Gasteiger partial charge in [0.05, 0.1) is 18.2 Å². The number of rotatable bonds is 3. The highest BCUT2D eigenvalue weighted by Gasteiger charge is 2.55. The third-order valence-electron chi connectivity index (χ3n) is 6.03. The minimum Gasteiger partial charge on any atom is -0.351 e. The van der Waals surface area contributed by atoms with Gasteiger partial charge in [-0.1, -0.05) is 53.2 Å². The molecule has 0 saturated carbocycles. The molecule has 1 atom stereocenters. The van der Waals surface area contributed by atoms with Gasteiger partial charge in [0.2, 0.25) is 11.7 Å². The predicted molar refractivity (Wildman–Crippen MR) is 108 cm³/mol. The van der Waals surface area contributed by atoms with Crippen LogP contribution in [0.3, 0.4) is 0 Å². The first kappa shape index (κ1) is 17.7. The van der Waals surface area contributed by atoms with E-state index < -0.39 is 5.41 Å². The van der Waals surface area contributed by atoms with Crippen molar-refractivity contribution >= 4 is 17.5 Å². The number of nitrogens with zero attached hydrogens (tertiary/aromatic N) is 3. The lowest BCUT2D eigenvalue weighted by molar-refractivity contribution is -0.122. The Morgan fingerprint density at radius 3 is 2.69 bits per heavy atom. The smallest absolute Gasteiger partial charge is 0.292 e. The maximum Gasteiger partial charge on any atom is 0.292 e. The lowest BCUT2D eigenvalue weighted by Crippen LogP contribution is -2.43. The van der Waals surface area contributed by atoms with Gasteiger partial charge in [0.1, 0.15) is 0 Å². The van der Waals surface area contributed by atoms with Crippen LogP contribution in [0.4, 0.5) is 5.69 Å². The molecule has 1 spiro atoms. The van der Waals surface area contributed by atoms with Crippen LogP contribution in [0.25, 0.3) is 0 Å². The van der Waals surface area contributed by atoms with Crippen LogP contribution < -0.4 is 4.90 Å². The summed E-state index contributed by atoms with van der Waals surface area (Å²) in [5, 5.41) is 3.62. The molecule has 1 aromatic heterocycles. The number of amides is 2. The van der Waals surface area contributed by atoms with Gasteiger partial charge in [-0.05, 0) is 30.5 Å². The molecule has 0 radical (unpaired) electrons. The fourth-order valence-corrected chi connectivity index (χ4v) is 4.49. The van der Waals surface area contributed by atoms with E-state index in [1.807, 2.05) is 36.1 Å². The third-order valence-corrected chi connectivity index (χ3v) is 6.03. The molecule has 6 nitrogen and oxygen atoms in total. The van der Waals surface area contributed by atoms with Crippen LogP contribution in [-0.4, -0.2) is 35.0 Å². The maximum absolute atomic E-state index is 13.7. The van der Waals surface area contributed by atoms with Crippen LogP contribution in [0.1, 0.15) is 33.7 Å². The standard InChI is InChI=1S/C23H21N3O3/c1-16-6-8-17(9-7-16)14-26-19-5-3-2-4-18(19)23(22(26)28)11-13-25(15-23)21(27)20-10-12-24-29-20/h2-10,12H,11,13-15H2,1H3. The normalized spacial score (nSPS) is 20.5. The zero-order chi connectivity index (χ0) is 20.0. The predicted octanol–water partition coefficient (Wildman–Crippen LogP) is 3.31. The van der Waals surface area contributed by atoms with Crippen molar-refractivity contribution in [3.8, 4) is 0 Å². The van der Waals surface area contributed by atoms with Crippen LogP contribution >= 0.6 is 0 Å². The highest BCUT2D eigenvalue weighted by Crippen LogP contribution is 2.47. The molecule has 3 aromatic rings. The Morgan fingerprint density at radius 1 is 1.14 bits per heavy atom. The Labute approximate surface area is 168 Å². The van der Waals surface area contributed by atoms with Gasteiger partial charge in [-0.2, -0.15) is 0 Å². The number of carbonyl (C=O) groups is 2. The van der Waals surface area contributed by atoms with Gasteiger partial charge in [0.25, 0.3) is 5.91 Å². The van der Waals surface area contributed by atoms with Gasteiger partial charge < -0.3 is 14.3 Å². The zero-order valence-corrected chi connectivity index (χ0v) is 16.2.